The van der Waals surface area contributed by atoms with E-state index < -0.39 is 15.8 Å². The Bertz CT molecular complexity index is 972. The molecule has 0 saturated carbocycles. The van der Waals surface area contributed by atoms with Crippen LogP contribution in [-0.2, 0) is 9.84 Å². The van der Waals surface area contributed by atoms with Gasteiger partial charge in [0.15, 0.2) is 0 Å². The smallest absolute Gasteiger partial charge is 0.345 e. The number of carbonyl (C=O) groups is 1. The molecule has 1 aromatic carbocycles. The molecule has 0 atom stereocenters. The lowest BCUT2D eigenvalue weighted by Crippen LogP contribution is -2.02. The van der Waals surface area contributed by atoms with Crippen molar-refractivity contribution in [2.45, 2.75) is 14.0 Å². The molecular weight excluding hydrogens is 344 g/mol. The van der Waals surface area contributed by atoms with E-state index >= 15 is 0 Å². The van der Waals surface area contributed by atoms with Crippen LogP contribution in [0.25, 0.3) is 11.0 Å². The quantitative estimate of drug-likeness (QED) is 0.699. The Morgan fingerprint density at radius 1 is 1.36 bits per heavy atom. The van der Waals surface area contributed by atoms with Crippen molar-refractivity contribution in [2.24, 2.45) is 0 Å². The standard InChI is InChI=1S/C13H10N2O4S3/c1-20-13-11(5-10(21-13)12(16)17)22(18,19)7-2-3-8-9(4-7)15-6-14-8/h2-6H,1H3,(H,14,15)(H,16,17). The van der Waals surface area contributed by atoms with Crippen LogP contribution in [0.4, 0.5) is 0 Å². The number of carboxylic acids is 1. The summed E-state index contributed by atoms with van der Waals surface area (Å²) in [6, 6.07) is 5.80. The summed E-state index contributed by atoms with van der Waals surface area (Å²) < 4.78 is 26.0. The molecule has 0 unspecified atom stereocenters. The van der Waals surface area contributed by atoms with Gasteiger partial charge in [-0.2, -0.15) is 0 Å². The van der Waals surface area contributed by atoms with Crippen LogP contribution >= 0.6 is 23.1 Å². The van der Waals surface area contributed by atoms with Crippen LogP contribution < -0.4 is 0 Å². The number of fused-ring (bicyclic) bond motifs is 1. The molecule has 9 heteroatoms. The molecule has 0 aliphatic heterocycles. The van der Waals surface area contributed by atoms with E-state index in [9.17, 15) is 13.2 Å². The van der Waals surface area contributed by atoms with E-state index in [4.69, 9.17) is 5.11 Å². The number of thiophene rings is 1. The number of H-pyrrole nitrogens is 1. The molecule has 0 saturated heterocycles. The SMILES string of the molecule is CSc1sc(C(=O)O)cc1S(=O)(=O)c1ccc2nc[nH]c2c1. The highest BCUT2D eigenvalue weighted by molar-refractivity contribution is 8.01. The molecule has 0 bridgehead atoms. The van der Waals surface area contributed by atoms with Crippen LogP contribution in [0.15, 0.2) is 44.6 Å². The molecule has 22 heavy (non-hydrogen) atoms. The van der Waals surface area contributed by atoms with Crippen LogP contribution in [0.1, 0.15) is 9.67 Å². The van der Waals surface area contributed by atoms with Crippen LogP contribution in [0.3, 0.4) is 0 Å². The minimum Gasteiger partial charge on any atom is -0.477 e. The second-order valence-electron chi connectivity index (χ2n) is 4.36. The van der Waals surface area contributed by atoms with Gasteiger partial charge in [-0.25, -0.2) is 18.2 Å². The number of nitrogens with one attached hydrogen (secondary N) is 1. The van der Waals surface area contributed by atoms with E-state index in [2.05, 4.69) is 9.97 Å². The first-order chi connectivity index (χ1) is 10.4. The van der Waals surface area contributed by atoms with Gasteiger partial charge < -0.3 is 10.1 Å². The molecule has 0 spiro atoms. The lowest BCUT2D eigenvalue weighted by atomic mass is 10.3. The van der Waals surface area contributed by atoms with E-state index in [1.807, 2.05) is 0 Å². The maximum Gasteiger partial charge on any atom is 0.345 e. The number of sulfone groups is 1. The molecule has 0 amide bonds. The summed E-state index contributed by atoms with van der Waals surface area (Å²) >= 11 is 2.17. The summed E-state index contributed by atoms with van der Waals surface area (Å²) in [6.07, 6.45) is 3.20. The first kappa shape index (κ1) is 15.1. The minimum atomic E-state index is -3.79. The maximum absolute atomic E-state index is 12.8. The van der Waals surface area contributed by atoms with E-state index in [1.165, 1.54) is 36.3 Å². The fourth-order valence-electron chi connectivity index (χ4n) is 2.00. The van der Waals surface area contributed by atoms with Crippen molar-refractivity contribution in [1.29, 1.82) is 0 Å². The van der Waals surface area contributed by atoms with Crippen LogP contribution in [-0.4, -0.2) is 35.7 Å². The number of aromatic nitrogens is 2. The van der Waals surface area contributed by atoms with Crippen molar-refractivity contribution in [3.63, 3.8) is 0 Å². The maximum atomic E-state index is 12.8. The Labute approximate surface area is 134 Å². The first-order valence-corrected chi connectivity index (χ1v) is 9.55. The van der Waals surface area contributed by atoms with E-state index in [0.29, 0.717) is 15.2 Å². The number of hydrogen-bond donors (Lipinski definition) is 2. The molecule has 0 aliphatic rings. The van der Waals surface area contributed by atoms with Gasteiger partial charge >= 0.3 is 5.97 Å². The van der Waals surface area contributed by atoms with Gasteiger partial charge in [0.25, 0.3) is 0 Å². The second kappa shape index (κ2) is 5.41. The van der Waals surface area contributed by atoms with Crippen LogP contribution in [0, 0.1) is 0 Å². The summed E-state index contributed by atoms with van der Waals surface area (Å²) in [5.41, 5.74) is 1.28. The molecule has 2 heterocycles. The van der Waals surface area contributed by atoms with E-state index in [0.717, 1.165) is 11.3 Å². The fourth-order valence-corrected chi connectivity index (χ4v) is 5.86. The van der Waals surface area contributed by atoms with Crippen LogP contribution in [0.2, 0.25) is 0 Å². The van der Waals surface area contributed by atoms with Crippen molar-refractivity contribution >= 4 is 49.9 Å². The summed E-state index contributed by atoms with van der Waals surface area (Å²) in [4.78, 5) is 18.1. The summed E-state index contributed by atoms with van der Waals surface area (Å²) in [5.74, 6) is -1.13. The number of thioether (sulfide) groups is 1. The van der Waals surface area contributed by atoms with Crippen molar-refractivity contribution in [3.05, 3.63) is 35.5 Å². The van der Waals surface area contributed by atoms with Crippen molar-refractivity contribution in [1.82, 2.24) is 9.97 Å². The molecule has 3 aromatic rings. The molecule has 114 valence electrons. The van der Waals surface area contributed by atoms with Crippen LogP contribution in [0.5, 0.6) is 0 Å². The van der Waals surface area contributed by atoms with Gasteiger partial charge in [-0.3, -0.25) is 0 Å². The molecule has 2 aromatic heterocycles. The van der Waals surface area contributed by atoms with Gasteiger partial charge in [0.2, 0.25) is 9.84 Å². The first-order valence-electron chi connectivity index (χ1n) is 6.03. The summed E-state index contributed by atoms with van der Waals surface area (Å²) in [7, 11) is -3.79. The molecule has 6 nitrogen and oxygen atoms in total. The van der Waals surface area contributed by atoms with Gasteiger partial charge in [0.05, 0.1) is 31.4 Å². The highest BCUT2D eigenvalue weighted by Gasteiger charge is 2.26. The lowest BCUT2D eigenvalue weighted by Gasteiger charge is -2.04. The van der Waals surface area contributed by atoms with Gasteiger partial charge in [-0.05, 0) is 30.5 Å². The number of carboxylic acid groups (broad SMARTS) is 1. The predicted molar refractivity (Wildman–Crippen MR) is 84.6 cm³/mol. The minimum absolute atomic E-state index is 0.00513. The molecule has 0 radical (unpaired) electrons. The van der Waals surface area contributed by atoms with E-state index in [-0.39, 0.29) is 14.7 Å². The highest BCUT2D eigenvalue weighted by atomic mass is 32.2. The zero-order chi connectivity index (χ0) is 15.9. The predicted octanol–water partition coefficient (Wildman–Crippen LogP) is 2.88. The van der Waals surface area contributed by atoms with Crippen molar-refractivity contribution < 1.29 is 18.3 Å². The zero-order valence-electron chi connectivity index (χ0n) is 11.2. The van der Waals surface area contributed by atoms with Gasteiger partial charge in [-0.15, -0.1) is 23.1 Å². The average Bonchev–Trinajstić information content (AvgIpc) is 3.13. The monoisotopic (exact) mass is 354 g/mol. The highest BCUT2D eigenvalue weighted by Crippen LogP contribution is 2.37. The third-order valence-electron chi connectivity index (χ3n) is 3.05. The van der Waals surface area contributed by atoms with Gasteiger partial charge in [-0.1, -0.05) is 0 Å². The normalized spacial score (nSPS) is 11.9. The van der Waals surface area contributed by atoms with Gasteiger partial charge in [0, 0.05) is 0 Å². The Morgan fingerprint density at radius 2 is 2.14 bits per heavy atom. The largest absolute Gasteiger partial charge is 0.477 e. The molecule has 0 aliphatic carbocycles. The Hall–Kier alpha value is -1.84. The molecule has 3 rings (SSSR count). The van der Waals surface area contributed by atoms with Crippen molar-refractivity contribution in [2.75, 3.05) is 6.26 Å². The summed E-state index contributed by atoms with van der Waals surface area (Å²) in [5, 5.41) is 9.06. The topological polar surface area (TPSA) is 100 Å². The second-order valence-corrected chi connectivity index (χ2v) is 8.40. The molecular formula is C13H10N2O4S3. The lowest BCUT2D eigenvalue weighted by molar-refractivity contribution is 0.0702. The number of aromatic amines is 1. The van der Waals surface area contributed by atoms with Crippen molar-refractivity contribution in [3.8, 4) is 0 Å². The number of imidazole rings is 1. The number of hydrogen-bond acceptors (Lipinski definition) is 6. The van der Waals surface area contributed by atoms with E-state index in [1.54, 1.807) is 12.3 Å². The molecule has 0 fully saturated rings. The Kier molecular flexibility index (Phi) is 3.71. The summed E-state index contributed by atoms with van der Waals surface area (Å²) in [6.45, 7) is 0. The third kappa shape index (κ3) is 2.40. The molecule has 2 N–H and O–H groups in total. The number of nitrogens with zero attached hydrogens (tertiary/aromatic N) is 1. The Balaban J connectivity index is 2.18. The zero-order valence-corrected chi connectivity index (χ0v) is 13.7. The fraction of sp³-hybridized carbons (Fsp3) is 0.0769. The number of aromatic carboxylic acids is 1. The number of rotatable bonds is 4. The third-order valence-corrected chi connectivity index (χ3v) is 7.35. The van der Waals surface area contributed by atoms with Gasteiger partial charge in [0.1, 0.15) is 4.88 Å². The average molecular weight is 354 g/mol. The number of benzene rings is 1. The Morgan fingerprint density at radius 3 is 2.82 bits per heavy atom.